The van der Waals surface area contributed by atoms with Crippen LogP contribution in [-0.2, 0) is 28.7 Å². The van der Waals surface area contributed by atoms with Crippen LogP contribution < -0.4 is 10.6 Å². The fourth-order valence-corrected chi connectivity index (χ4v) is 5.34. The second kappa shape index (κ2) is 15.3. The van der Waals surface area contributed by atoms with Crippen molar-refractivity contribution in [3.05, 3.63) is 0 Å². The van der Waals surface area contributed by atoms with Crippen molar-refractivity contribution in [2.45, 2.75) is 96.8 Å². The molecule has 0 aromatic heterocycles. The zero-order valence-electron chi connectivity index (χ0n) is 23.6. The summed E-state index contributed by atoms with van der Waals surface area (Å²) in [5.41, 5.74) is 0. The van der Waals surface area contributed by atoms with E-state index in [2.05, 4.69) is 20.4 Å². The molecule has 0 aromatic rings. The predicted molar refractivity (Wildman–Crippen MR) is 141 cm³/mol. The van der Waals surface area contributed by atoms with Crippen LogP contribution in [0, 0.1) is 11.8 Å². The van der Waals surface area contributed by atoms with Crippen LogP contribution in [-0.4, -0.2) is 98.1 Å². The molecule has 4 atom stereocenters. The minimum atomic E-state index is -0.659. The number of likely N-dealkylation sites (tertiary alicyclic amines) is 2. The van der Waals surface area contributed by atoms with Crippen LogP contribution in [0.3, 0.4) is 0 Å². The molecule has 0 bridgehead atoms. The predicted octanol–water partition coefficient (Wildman–Crippen LogP) is 1.71. The fraction of sp³-hybridized carbons (Fsp3) is 0.852. The van der Waals surface area contributed by atoms with E-state index in [9.17, 15) is 19.2 Å². The highest BCUT2D eigenvalue weighted by Gasteiger charge is 2.35. The van der Waals surface area contributed by atoms with Crippen molar-refractivity contribution < 1.29 is 28.7 Å². The second-order valence-corrected chi connectivity index (χ2v) is 11.0. The van der Waals surface area contributed by atoms with E-state index >= 15 is 0 Å². The molecule has 10 heteroatoms. The second-order valence-electron chi connectivity index (χ2n) is 11.0. The van der Waals surface area contributed by atoms with E-state index < -0.39 is 24.0 Å². The molecule has 2 fully saturated rings. The highest BCUT2D eigenvalue weighted by atomic mass is 16.5. The molecule has 2 aliphatic rings. The van der Waals surface area contributed by atoms with Crippen LogP contribution >= 0.6 is 0 Å². The van der Waals surface area contributed by atoms with Gasteiger partial charge in [0.1, 0.15) is 12.1 Å². The van der Waals surface area contributed by atoms with Crippen LogP contribution in [0.1, 0.15) is 72.6 Å². The Bertz CT molecular complexity index is 712. The first-order valence-corrected chi connectivity index (χ1v) is 13.8. The Morgan fingerprint density at radius 3 is 1.41 bits per heavy atom. The summed E-state index contributed by atoms with van der Waals surface area (Å²) in [6.45, 7) is 10.7. The van der Waals surface area contributed by atoms with E-state index in [0.29, 0.717) is 0 Å². The Morgan fingerprint density at radius 1 is 0.703 bits per heavy atom. The van der Waals surface area contributed by atoms with Crippen molar-refractivity contribution in [2.24, 2.45) is 11.8 Å². The van der Waals surface area contributed by atoms with E-state index in [4.69, 9.17) is 9.47 Å². The number of hydrogen-bond acceptors (Lipinski definition) is 8. The van der Waals surface area contributed by atoms with Gasteiger partial charge in [-0.1, -0.05) is 40.5 Å². The first kappa shape index (κ1) is 31.0. The monoisotopic (exact) mass is 524 g/mol. The van der Waals surface area contributed by atoms with Crippen molar-refractivity contribution >= 4 is 23.8 Å². The third kappa shape index (κ3) is 8.95. The first-order chi connectivity index (χ1) is 17.6. The topological polar surface area (TPSA) is 117 Å². The summed E-state index contributed by atoms with van der Waals surface area (Å²) in [6, 6.07) is -1.86. The van der Waals surface area contributed by atoms with Gasteiger partial charge in [0.15, 0.2) is 0 Å². The minimum absolute atomic E-state index is 0.0647. The zero-order valence-corrected chi connectivity index (χ0v) is 23.6. The minimum Gasteiger partial charge on any atom is -0.467 e. The van der Waals surface area contributed by atoms with Gasteiger partial charge in [0.2, 0.25) is 11.8 Å². The third-order valence-electron chi connectivity index (χ3n) is 7.56. The zero-order chi connectivity index (χ0) is 27.5. The molecule has 2 rings (SSSR count). The lowest BCUT2D eigenvalue weighted by Crippen LogP contribution is -2.56. The normalized spacial score (nSPS) is 22.8. The maximum absolute atomic E-state index is 13.1. The number of nitrogens with zero attached hydrogens (tertiary/aromatic N) is 2. The smallest absolute Gasteiger partial charge is 0.328 e. The molecule has 37 heavy (non-hydrogen) atoms. The van der Waals surface area contributed by atoms with Gasteiger partial charge >= 0.3 is 11.9 Å². The Morgan fingerprint density at radius 2 is 1.08 bits per heavy atom. The number of piperidine rings is 2. The average molecular weight is 525 g/mol. The molecule has 212 valence electrons. The summed E-state index contributed by atoms with van der Waals surface area (Å²) >= 11 is 0. The number of carbonyl (C=O) groups excluding carboxylic acids is 4. The van der Waals surface area contributed by atoms with E-state index in [0.717, 1.165) is 71.1 Å². The molecule has 0 aliphatic carbocycles. The molecular formula is C27H48N4O6. The molecule has 10 nitrogen and oxygen atoms in total. The van der Waals surface area contributed by atoms with Crippen LogP contribution in [0.15, 0.2) is 0 Å². The fourth-order valence-electron chi connectivity index (χ4n) is 5.34. The van der Waals surface area contributed by atoms with E-state index in [1.54, 1.807) is 0 Å². The number of methoxy groups -OCH3 is 2. The Kier molecular flexibility index (Phi) is 12.8. The molecule has 2 N–H and O–H groups in total. The standard InChI is InChI=1S/C27H48N4O6/c1-18(2)22(26(34)36-5)28-24(32)20-12-7-9-14-30(20)16-11-17-31-15-10-8-13-21(31)25(33)29-23(19(3)4)27(35)37-6/h18-23H,7-17H2,1-6H3,(H,28,32)(H,29,33)/t20-,21-,22-,23-/m0/s1. The van der Waals surface area contributed by atoms with E-state index in [-0.39, 0.29) is 35.7 Å². The number of amides is 2. The van der Waals surface area contributed by atoms with Gasteiger partial charge in [-0.15, -0.1) is 0 Å². The SMILES string of the molecule is COC(=O)[C@@H](NC(=O)[C@@H]1CCCCN1CCCN1CCCC[C@H]1C(=O)N[C@H](C(=O)OC)C(C)C)C(C)C. The van der Waals surface area contributed by atoms with Gasteiger partial charge in [-0.05, 0) is 57.0 Å². The molecule has 0 radical (unpaired) electrons. The van der Waals surface area contributed by atoms with Gasteiger partial charge in [-0.25, -0.2) is 9.59 Å². The number of nitrogens with one attached hydrogen (secondary N) is 2. The molecule has 0 aromatic carbocycles. The largest absolute Gasteiger partial charge is 0.467 e. The van der Waals surface area contributed by atoms with Crippen molar-refractivity contribution in [1.29, 1.82) is 0 Å². The van der Waals surface area contributed by atoms with Gasteiger partial charge in [0.25, 0.3) is 0 Å². The van der Waals surface area contributed by atoms with E-state index in [1.165, 1.54) is 14.2 Å². The molecule has 2 aliphatic heterocycles. The highest BCUT2D eigenvalue weighted by molar-refractivity contribution is 5.88. The summed E-state index contributed by atoms with van der Waals surface area (Å²) in [5.74, 6) is -1.22. The van der Waals surface area contributed by atoms with Gasteiger partial charge in [-0.2, -0.15) is 0 Å². The maximum atomic E-state index is 13.1. The van der Waals surface area contributed by atoms with Crippen LogP contribution in [0.5, 0.6) is 0 Å². The summed E-state index contributed by atoms with van der Waals surface area (Å²) in [7, 11) is 2.67. The molecule has 0 spiro atoms. The molecule has 2 heterocycles. The lowest BCUT2D eigenvalue weighted by atomic mass is 9.98. The number of esters is 2. The summed E-state index contributed by atoms with van der Waals surface area (Å²) in [6.07, 6.45) is 6.37. The molecule has 0 saturated carbocycles. The summed E-state index contributed by atoms with van der Waals surface area (Å²) in [4.78, 5) is 54.9. The number of ether oxygens (including phenoxy) is 2. The molecule has 0 unspecified atom stereocenters. The number of hydrogen-bond donors (Lipinski definition) is 2. The van der Waals surface area contributed by atoms with Crippen molar-refractivity contribution in [3.63, 3.8) is 0 Å². The van der Waals surface area contributed by atoms with Gasteiger partial charge in [0, 0.05) is 13.1 Å². The van der Waals surface area contributed by atoms with Crippen molar-refractivity contribution in [1.82, 2.24) is 20.4 Å². The maximum Gasteiger partial charge on any atom is 0.328 e. The third-order valence-corrected chi connectivity index (χ3v) is 7.56. The lowest BCUT2D eigenvalue weighted by Gasteiger charge is -2.38. The highest BCUT2D eigenvalue weighted by Crippen LogP contribution is 2.21. The van der Waals surface area contributed by atoms with Gasteiger partial charge in [0.05, 0.1) is 26.3 Å². The van der Waals surface area contributed by atoms with Crippen molar-refractivity contribution in [2.75, 3.05) is 40.4 Å². The van der Waals surface area contributed by atoms with Crippen molar-refractivity contribution in [3.8, 4) is 0 Å². The van der Waals surface area contributed by atoms with Gasteiger partial charge in [-0.3, -0.25) is 19.4 Å². The lowest BCUT2D eigenvalue weighted by molar-refractivity contribution is -0.147. The Hall–Kier alpha value is -2.20. The number of rotatable bonds is 12. The molecule has 2 saturated heterocycles. The number of carbonyl (C=O) groups is 4. The Labute approximate surface area is 222 Å². The average Bonchev–Trinajstić information content (AvgIpc) is 2.89. The summed E-state index contributed by atoms with van der Waals surface area (Å²) < 4.78 is 9.75. The van der Waals surface area contributed by atoms with E-state index in [1.807, 2.05) is 27.7 Å². The van der Waals surface area contributed by atoms with Gasteiger partial charge < -0.3 is 20.1 Å². The van der Waals surface area contributed by atoms with Crippen LogP contribution in [0.2, 0.25) is 0 Å². The van der Waals surface area contributed by atoms with Crippen LogP contribution in [0.4, 0.5) is 0 Å². The van der Waals surface area contributed by atoms with Crippen LogP contribution in [0.25, 0.3) is 0 Å². The molecular weight excluding hydrogens is 476 g/mol. The molecule has 2 amide bonds. The Balaban J connectivity index is 1.96. The summed E-state index contributed by atoms with van der Waals surface area (Å²) in [5, 5.41) is 5.83. The first-order valence-electron chi connectivity index (χ1n) is 13.8. The quantitative estimate of drug-likeness (QED) is 0.371.